The van der Waals surface area contributed by atoms with Gasteiger partial charge in [-0.2, -0.15) is 0 Å². The van der Waals surface area contributed by atoms with E-state index in [2.05, 4.69) is 10.5 Å². The average molecular weight is 276 g/mol. The second-order valence-corrected chi connectivity index (χ2v) is 4.87. The van der Waals surface area contributed by atoms with Gasteiger partial charge in [0, 0.05) is 12.7 Å². The first-order valence-corrected chi connectivity index (χ1v) is 6.67. The molecule has 1 N–H and O–H groups in total. The molecule has 0 radical (unpaired) electrons. The highest BCUT2D eigenvalue weighted by Crippen LogP contribution is 2.21. The van der Waals surface area contributed by atoms with E-state index in [1.807, 2.05) is 6.92 Å². The van der Waals surface area contributed by atoms with Crippen LogP contribution in [0, 0.1) is 0 Å². The van der Waals surface area contributed by atoms with Crippen molar-refractivity contribution in [2.24, 2.45) is 0 Å². The van der Waals surface area contributed by atoms with Crippen LogP contribution in [0.3, 0.4) is 0 Å². The second-order valence-electron chi connectivity index (χ2n) is 4.87. The number of rotatable bonds is 4. The summed E-state index contributed by atoms with van der Waals surface area (Å²) < 4.78 is 15.8. The summed E-state index contributed by atoms with van der Waals surface area (Å²) >= 11 is 0. The lowest BCUT2D eigenvalue weighted by Gasteiger charge is -2.19. The van der Waals surface area contributed by atoms with Crippen molar-refractivity contribution < 1.29 is 18.5 Å². The van der Waals surface area contributed by atoms with E-state index in [0.29, 0.717) is 11.5 Å². The second kappa shape index (κ2) is 5.50. The van der Waals surface area contributed by atoms with Gasteiger partial charge in [-0.3, -0.25) is 4.79 Å². The molecule has 1 aliphatic rings. The van der Waals surface area contributed by atoms with Crippen LogP contribution in [0.4, 0.5) is 0 Å². The number of ether oxygens (including phenoxy) is 1. The number of carbonyl (C=O) groups is 1. The number of hydrogen-bond donors (Lipinski definition) is 1. The summed E-state index contributed by atoms with van der Waals surface area (Å²) in [6.07, 6.45) is 3.63. The SMILES string of the molecule is C[C@H](NC(=O)c1cc(-c2ccco2)on1)[C@@H]1CCCO1. The van der Waals surface area contributed by atoms with E-state index in [-0.39, 0.29) is 23.7 Å². The van der Waals surface area contributed by atoms with E-state index in [0.717, 1.165) is 19.4 Å². The lowest BCUT2D eigenvalue weighted by molar-refractivity contribution is 0.0707. The summed E-state index contributed by atoms with van der Waals surface area (Å²) in [5.74, 6) is 0.711. The topological polar surface area (TPSA) is 77.5 Å². The Balaban J connectivity index is 1.65. The molecule has 0 unspecified atom stereocenters. The molecular weight excluding hydrogens is 260 g/mol. The molecule has 0 spiro atoms. The largest absolute Gasteiger partial charge is 0.461 e. The number of amides is 1. The van der Waals surface area contributed by atoms with E-state index in [4.69, 9.17) is 13.7 Å². The summed E-state index contributed by atoms with van der Waals surface area (Å²) in [6.45, 7) is 2.69. The number of hydrogen-bond acceptors (Lipinski definition) is 5. The van der Waals surface area contributed by atoms with Crippen molar-refractivity contribution in [3.05, 3.63) is 30.2 Å². The Morgan fingerprint density at radius 1 is 1.50 bits per heavy atom. The lowest BCUT2D eigenvalue weighted by Crippen LogP contribution is -2.40. The van der Waals surface area contributed by atoms with Crippen molar-refractivity contribution in [1.82, 2.24) is 10.5 Å². The fourth-order valence-electron chi connectivity index (χ4n) is 2.29. The third-order valence-electron chi connectivity index (χ3n) is 3.39. The molecule has 20 heavy (non-hydrogen) atoms. The zero-order chi connectivity index (χ0) is 13.9. The van der Waals surface area contributed by atoms with Crippen molar-refractivity contribution in [3.8, 4) is 11.5 Å². The molecule has 2 aromatic heterocycles. The highest BCUT2D eigenvalue weighted by Gasteiger charge is 2.25. The van der Waals surface area contributed by atoms with Crippen molar-refractivity contribution in [1.29, 1.82) is 0 Å². The van der Waals surface area contributed by atoms with E-state index >= 15 is 0 Å². The Kier molecular flexibility index (Phi) is 3.56. The first-order chi connectivity index (χ1) is 9.74. The van der Waals surface area contributed by atoms with Crippen LogP contribution in [-0.2, 0) is 4.74 Å². The number of furan rings is 1. The van der Waals surface area contributed by atoms with Crippen LogP contribution in [-0.4, -0.2) is 29.8 Å². The van der Waals surface area contributed by atoms with Crippen LogP contribution in [0.5, 0.6) is 0 Å². The molecule has 3 rings (SSSR count). The zero-order valence-corrected chi connectivity index (χ0v) is 11.2. The Morgan fingerprint density at radius 3 is 3.10 bits per heavy atom. The quantitative estimate of drug-likeness (QED) is 0.926. The molecule has 0 bridgehead atoms. The summed E-state index contributed by atoms with van der Waals surface area (Å²) in [6, 6.07) is 5.01. The fraction of sp³-hybridized carbons (Fsp3) is 0.429. The fourth-order valence-corrected chi connectivity index (χ4v) is 2.29. The number of carbonyl (C=O) groups excluding carboxylic acids is 1. The minimum Gasteiger partial charge on any atom is -0.461 e. The van der Waals surface area contributed by atoms with Crippen LogP contribution in [0.1, 0.15) is 30.3 Å². The molecule has 1 aliphatic heterocycles. The van der Waals surface area contributed by atoms with E-state index in [9.17, 15) is 4.79 Å². The average Bonchev–Trinajstić information content (AvgIpc) is 3.19. The molecule has 1 amide bonds. The van der Waals surface area contributed by atoms with Gasteiger partial charge in [-0.1, -0.05) is 5.16 Å². The maximum Gasteiger partial charge on any atom is 0.273 e. The molecule has 2 aromatic rings. The first-order valence-electron chi connectivity index (χ1n) is 6.67. The zero-order valence-electron chi connectivity index (χ0n) is 11.2. The summed E-state index contributed by atoms with van der Waals surface area (Å²) in [5.41, 5.74) is 0.237. The predicted octanol–water partition coefficient (Wildman–Crippen LogP) is 2.23. The molecule has 3 heterocycles. The summed E-state index contributed by atoms with van der Waals surface area (Å²) in [4.78, 5) is 12.1. The number of nitrogens with one attached hydrogen (secondary N) is 1. The van der Waals surface area contributed by atoms with Crippen LogP contribution in [0.25, 0.3) is 11.5 Å². The van der Waals surface area contributed by atoms with Gasteiger partial charge in [-0.15, -0.1) is 0 Å². The Hall–Kier alpha value is -2.08. The lowest BCUT2D eigenvalue weighted by atomic mass is 10.1. The van der Waals surface area contributed by atoms with Crippen LogP contribution >= 0.6 is 0 Å². The molecule has 0 aliphatic carbocycles. The minimum absolute atomic E-state index is 0.0474. The molecule has 1 fully saturated rings. The van der Waals surface area contributed by atoms with E-state index < -0.39 is 0 Å². The van der Waals surface area contributed by atoms with Gasteiger partial charge in [0.2, 0.25) is 5.76 Å². The molecule has 0 saturated carbocycles. The summed E-state index contributed by atoms with van der Waals surface area (Å²) in [5, 5.41) is 6.64. The van der Waals surface area contributed by atoms with Crippen LogP contribution < -0.4 is 5.32 Å². The molecule has 0 aromatic carbocycles. The molecule has 1 saturated heterocycles. The maximum atomic E-state index is 12.1. The third kappa shape index (κ3) is 2.60. The van der Waals surface area contributed by atoms with E-state index in [1.54, 1.807) is 18.2 Å². The Labute approximate surface area is 116 Å². The maximum absolute atomic E-state index is 12.1. The van der Waals surface area contributed by atoms with Crippen molar-refractivity contribution in [2.75, 3.05) is 6.61 Å². The smallest absolute Gasteiger partial charge is 0.273 e. The van der Waals surface area contributed by atoms with Crippen molar-refractivity contribution >= 4 is 5.91 Å². The predicted molar refractivity (Wildman–Crippen MR) is 70.1 cm³/mol. The van der Waals surface area contributed by atoms with Gasteiger partial charge in [0.05, 0.1) is 18.4 Å². The van der Waals surface area contributed by atoms with Crippen LogP contribution in [0.15, 0.2) is 33.4 Å². The van der Waals surface area contributed by atoms with Gasteiger partial charge in [0.15, 0.2) is 11.5 Å². The van der Waals surface area contributed by atoms with Gasteiger partial charge < -0.3 is 19.0 Å². The Bertz CT molecular complexity index is 570. The summed E-state index contributed by atoms with van der Waals surface area (Å²) in [7, 11) is 0. The highest BCUT2D eigenvalue weighted by molar-refractivity contribution is 5.93. The monoisotopic (exact) mass is 276 g/mol. The molecule has 6 nitrogen and oxygen atoms in total. The number of aromatic nitrogens is 1. The molecule has 2 atom stereocenters. The van der Waals surface area contributed by atoms with Gasteiger partial charge in [0.25, 0.3) is 5.91 Å². The van der Waals surface area contributed by atoms with Crippen molar-refractivity contribution in [2.45, 2.75) is 31.9 Å². The van der Waals surface area contributed by atoms with Crippen LogP contribution in [0.2, 0.25) is 0 Å². The molecular formula is C14H16N2O4. The standard InChI is InChI=1S/C14H16N2O4/c1-9(11-4-2-6-18-11)15-14(17)10-8-13(20-16-10)12-5-3-7-19-12/h3,5,7-9,11H,2,4,6H2,1H3,(H,15,17)/t9-,11-/m0/s1. The van der Waals surface area contributed by atoms with Gasteiger partial charge in [-0.05, 0) is 31.9 Å². The van der Waals surface area contributed by atoms with E-state index in [1.165, 1.54) is 6.26 Å². The minimum atomic E-state index is -0.269. The molecule has 106 valence electrons. The first kappa shape index (κ1) is 12.9. The molecule has 6 heteroatoms. The van der Waals surface area contributed by atoms with Gasteiger partial charge in [-0.25, -0.2) is 0 Å². The third-order valence-corrected chi connectivity index (χ3v) is 3.39. The van der Waals surface area contributed by atoms with Gasteiger partial charge in [0.1, 0.15) is 0 Å². The van der Waals surface area contributed by atoms with Gasteiger partial charge >= 0.3 is 0 Å². The number of nitrogens with zero attached hydrogens (tertiary/aromatic N) is 1. The highest BCUT2D eigenvalue weighted by atomic mass is 16.5. The van der Waals surface area contributed by atoms with Crippen molar-refractivity contribution in [3.63, 3.8) is 0 Å². The normalized spacial score (nSPS) is 19.9. The Morgan fingerprint density at radius 2 is 2.40 bits per heavy atom.